The highest BCUT2D eigenvalue weighted by Gasteiger charge is 2.53. The Morgan fingerprint density at radius 2 is 2.20 bits per heavy atom. The van der Waals surface area contributed by atoms with Crippen LogP contribution in [0.15, 0.2) is 23.4 Å². The van der Waals surface area contributed by atoms with Crippen LogP contribution in [-0.4, -0.2) is 17.6 Å². The molecule has 4 N–H and O–H groups in total. The quantitative estimate of drug-likeness (QED) is 0.322. The molecule has 0 atom stereocenters. The fourth-order valence-corrected chi connectivity index (χ4v) is 3.14. The average molecular weight is 273 g/mol. The lowest BCUT2D eigenvalue weighted by atomic mass is 10.00. The van der Waals surface area contributed by atoms with Crippen LogP contribution in [0.25, 0.3) is 0 Å². The highest BCUT2D eigenvalue weighted by atomic mass is 16.4. The van der Waals surface area contributed by atoms with Crippen LogP contribution >= 0.6 is 0 Å². The maximum Gasteiger partial charge on any atom is 0.170 e. The van der Waals surface area contributed by atoms with Gasteiger partial charge in [-0.2, -0.15) is 0 Å². The number of amidine groups is 1. The normalized spacial score (nSPS) is 20.9. The van der Waals surface area contributed by atoms with E-state index in [4.69, 9.17) is 10.9 Å². The van der Waals surface area contributed by atoms with Gasteiger partial charge in [-0.05, 0) is 61.1 Å². The van der Waals surface area contributed by atoms with E-state index in [-0.39, 0.29) is 5.84 Å². The first-order valence-electron chi connectivity index (χ1n) is 7.43. The molecule has 1 aromatic carbocycles. The SMILES string of the molecule is Cc1cc(/C(N)=N/O)ccc1CNCC1(C2CC2)CC1. The number of nitrogens with zero attached hydrogens (tertiary/aromatic N) is 1. The van der Waals surface area contributed by atoms with E-state index in [1.807, 2.05) is 12.1 Å². The first-order valence-corrected chi connectivity index (χ1v) is 7.43. The summed E-state index contributed by atoms with van der Waals surface area (Å²) in [6.07, 6.45) is 5.70. The average Bonchev–Trinajstić information content (AvgIpc) is 3.31. The van der Waals surface area contributed by atoms with Crippen LogP contribution in [0.2, 0.25) is 0 Å². The molecule has 0 saturated heterocycles. The molecule has 0 aromatic heterocycles. The van der Waals surface area contributed by atoms with Gasteiger partial charge >= 0.3 is 0 Å². The van der Waals surface area contributed by atoms with Gasteiger partial charge in [0.1, 0.15) is 0 Å². The van der Waals surface area contributed by atoms with Crippen molar-refractivity contribution in [2.24, 2.45) is 22.2 Å². The van der Waals surface area contributed by atoms with E-state index in [0.29, 0.717) is 5.41 Å². The third-order valence-corrected chi connectivity index (χ3v) is 4.87. The van der Waals surface area contributed by atoms with Crippen LogP contribution in [0.5, 0.6) is 0 Å². The summed E-state index contributed by atoms with van der Waals surface area (Å²) < 4.78 is 0. The van der Waals surface area contributed by atoms with Crippen molar-refractivity contribution in [1.82, 2.24) is 5.32 Å². The topological polar surface area (TPSA) is 70.6 Å². The number of oxime groups is 1. The van der Waals surface area contributed by atoms with E-state index in [1.165, 1.54) is 36.8 Å². The van der Waals surface area contributed by atoms with Crippen molar-refractivity contribution in [1.29, 1.82) is 0 Å². The lowest BCUT2D eigenvalue weighted by molar-refractivity contribution is 0.318. The van der Waals surface area contributed by atoms with Crippen molar-refractivity contribution in [2.75, 3.05) is 6.54 Å². The molecule has 0 aliphatic heterocycles. The standard InChI is InChI=1S/C16H23N3O/c1-11-8-12(15(17)19-20)2-3-13(11)9-18-10-16(6-7-16)14-4-5-14/h2-3,8,14,18,20H,4-7,9-10H2,1H3,(H2,17,19). The van der Waals surface area contributed by atoms with Crippen LogP contribution in [0.1, 0.15) is 42.4 Å². The Balaban J connectivity index is 1.57. The second kappa shape index (κ2) is 5.09. The highest BCUT2D eigenvalue weighted by molar-refractivity contribution is 5.97. The van der Waals surface area contributed by atoms with Crippen LogP contribution in [0.4, 0.5) is 0 Å². The van der Waals surface area contributed by atoms with Crippen molar-refractivity contribution < 1.29 is 5.21 Å². The highest BCUT2D eigenvalue weighted by Crippen LogP contribution is 2.60. The Bertz CT molecular complexity index is 531. The molecule has 2 aliphatic carbocycles. The van der Waals surface area contributed by atoms with Gasteiger partial charge in [0.25, 0.3) is 0 Å². The summed E-state index contributed by atoms with van der Waals surface area (Å²) in [5.41, 5.74) is 9.47. The molecule has 0 radical (unpaired) electrons. The smallest absolute Gasteiger partial charge is 0.170 e. The van der Waals surface area contributed by atoms with Crippen molar-refractivity contribution in [2.45, 2.75) is 39.2 Å². The fraction of sp³-hybridized carbons (Fsp3) is 0.562. The molecule has 0 amide bonds. The first kappa shape index (κ1) is 13.4. The van der Waals surface area contributed by atoms with Gasteiger partial charge in [0.05, 0.1) is 0 Å². The second-order valence-corrected chi connectivity index (χ2v) is 6.37. The molecular formula is C16H23N3O. The molecule has 0 bridgehead atoms. The maximum atomic E-state index is 8.69. The van der Waals surface area contributed by atoms with E-state index < -0.39 is 0 Å². The van der Waals surface area contributed by atoms with Gasteiger partial charge in [0.15, 0.2) is 5.84 Å². The zero-order chi connectivity index (χ0) is 14.2. The van der Waals surface area contributed by atoms with E-state index in [2.05, 4.69) is 23.5 Å². The summed E-state index contributed by atoms with van der Waals surface area (Å²) in [7, 11) is 0. The molecule has 2 aliphatic rings. The Morgan fingerprint density at radius 1 is 1.45 bits per heavy atom. The number of hydrogen-bond acceptors (Lipinski definition) is 3. The molecule has 0 unspecified atom stereocenters. The minimum absolute atomic E-state index is 0.165. The number of rotatable bonds is 6. The summed E-state index contributed by atoms with van der Waals surface area (Å²) >= 11 is 0. The zero-order valence-electron chi connectivity index (χ0n) is 12.0. The number of hydrogen-bond donors (Lipinski definition) is 3. The molecule has 0 heterocycles. The Hall–Kier alpha value is -1.55. The predicted molar refractivity (Wildman–Crippen MR) is 79.8 cm³/mol. The van der Waals surface area contributed by atoms with Gasteiger partial charge in [-0.15, -0.1) is 0 Å². The molecule has 4 heteroatoms. The van der Waals surface area contributed by atoms with Crippen LogP contribution < -0.4 is 11.1 Å². The van der Waals surface area contributed by atoms with Crippen LogP contribution in [-0.2, 0) is 6.54 Å². The van der Waals surface area contributed by atoms with E-state index in [0.717, 1.165) is 24.6 Å². The Labute approximate surface area is 120 Å². The lowest BCUT2D eigenvalue weighted by Gasteiger charge is -2.16. The van der Waals surface area contributed by atoms with Gasteiger partial charge in [0.2, 0.25) is 0 Å². The molecule has 3 rings (SSSR count). The van der Waals surface area contributed by atoms with E-state index in [9.17, 15) is 0 Å². The summed E-state index contributed by atoms with van der Waals surface area (Å²) in [4.78, 5) is 0. The first-order chi connectivity index (χ1) is 9.64. The molecule has 4 nitrogen and oxygen atoms in total. The van der Waals surface area contributed by atoms with Gasteiger partial charge in [-0.25, -0.2) is 0 Å². The van der Waals surface area contributed by atoms with Gasteiger partial charge in [0, 0.05) is 18.7 Å². The Kier molecular flexibility index (Phi) is 3.42. The van der Waals surface area contributed by atoms with Crippen molar-refractivity contribution >= 4 is 5.84 Å². The van der Waals surface area contributed by atoms with Crippen molar-refractivity contribution in [3.8, 4) is 0 Å². The molecule has 108 valence electrons. The summed E-state index contributed by atoms with van der Waals surface area (Å²) in [6, 6.07) is 5.94. The van der Waals surface area contributed by atoms with Crippen LogP contribution in [0.3, 0.4) is 0 Å². The Morgan fingerprint density at radius 3 is 2.75 bits per heavy atom. The molecule has 2 saturated carbocycles. The zero-order valence-corrected chi connectivity index (χ0v) is 12.0. The lowest BCUT2D eigenvalue weighted by Crippen LogP contribution is -2.25. The van der Waals surface area contributed by atoms with Gasteiger partial charge in [-0.1, -0.05) is 17.3 Å². The predicted octanol–water partition coefficient (Wildman–Crippen LogP) is 2.37. The maximum absolute atomic E-state index is 8.69. The minimum Gasteiger partial charge on any atom is -0.409 e. The van der Waals surface area contributed by atoms with E-state index >= 15 is 0 Å². The van der Waals surface area contributed by atoms with Crippen molar-refractivity contribution in [3.63, 3.8) is 0 Å². The molecule has 20 heavy (non-hydrogen) atoms. The second-order valence-electron chi connectivity index (χ2n) is 6.37. The minimum atomic E-state index is 0.165. The van der Waals surface area contributed by atoms with E-state index in [1.54, 1.807) is 0 Å². The molecule has 1 aromatic rings. The number of aryl methyl sites for hydroxylation is 1. The largest absolute Gasteiger partial charge is 0.409 e. The molecule has 0 spiro atoms. The van der Waals surface area contributed by atoms with Gasteiger partial charge in [-0.3, -0.25) is 0 Å². The summed E-state index contributed by atoms with van der Waals surface area (Å²) in [5, 5.41) is 15.4. The third kappa shape index (κ3) is 2.66. The summed E-state index contributed by atoms with van der Waals surface area (Å²) in [6.45, 7) is 4.12. The number of nitrogens with one attached hydrogen (secondary N) is 1. The fourth-order valence-electron chi connectivity index (χ4n) is 3.14. The molecular weight excluding hydrogens is 250 g/mol. The third-order valence-electron chi connectivity index (χ3n) is 4.87. The monoisotopic (exact) mass is 273 g/mol. The summed E-state index contributed by atoms with van der Waals surface area (Å²) in [5.74, 6) is 1.16. The number of nitrogens with two attached hydrogens (primary N) is 1. The van der Waals surface area contributed by atoms with Gasteiger partial charge < -0.3 is 16.3 Å². The number of benzene rings is 1. The van der Waals surface area contributed by atoms with Crippen molar-refractivity contribution in [3.05, 3.63) is 34.9 Å². The van der Waals surface area contributed by atoms with Crippen LogP contribution in [0, 0.1) is 18.3 Å². The molecule has 2 fully saturated rings.